The molecule has 5 rings (SSSR count). The normalized spacial score (nSPS) is 15.5. The van der Waals surface area contributed by atoms with E-state index in [4.69, 9.17) is 9.15 Å². The number of hydrogen-bond donors (Lipinski definition) is 1. The minimum absolute atomic E-state index is 0.00637. The van der Waals surface area contributed by atoms with Gasteiger partial charge in [-0.25, -0.2) is 4.98 Å². The Balaban J connectivity index is 1.39. The smallest absolute Gasteiger partial charge is 0.287 e. The van der Waals surface area contributed by atoms with Gasteiger partial charge in [-0.15, -0.1) is 0 Å². The zero-order valence-electron chi connectivity index (χ0n) is 17.0. The van der Waals surface area contributed by atoms with E-state index < -0.39 is 0 Å². The second kappa shape index (κ2) is 7.48. The van der Waals surface area contributed by atoms with Crippen molar-refractivity contribution in [2.24, 2.45) is 0 Å². The molecule has 0 spiro atoms. The first kappa shape index (κ1) is 18.7. The molecule has 0 bridgehead atoms. The lowest BCUT2D eigenvalue weighted by atomic mass is 9.79. The van der Waals surface area contributed by atoms with Gasteiger partial charge in [0.1, 0.15) is 5.75 Å². The van der Waals surface area contributed by atoms with Crippen LogP contribution in [0.4, 0.5) is 0 Å². The minimum Gasteiger partial charge on any atom is -0.497 e. The van der Waals surface area contributed by atoms with Gasteiger partial charge in [-0.2, -0.15) is 0 Å². The van der Waals surface area contributed by atoms with E-state index in [9.17, 15) is 4.79 Å². The Morgan fingerprint density at radius 3 is 2.63 bits per heavy atom. The fourth-order valence-electron chi connectivity index (χ4n) is 4.60. The van der Waals surface area contributed by atoms with E-state index in [1.54, 1.807) is 13.2 Å². The number of hydrogen-bond acceptors (Lipinski definition) is 4. The summed E-state index contributed by atoms with van der Waals surface area (Å²) in [6, 6.07) is 19.9. The maximum atomic E-state index is 12.9. The molecule has 4 aromatic rings. The number of carbonyl (C=O) groups is 1. The zero-order valence-corrected chi connectivity index (χ0v) is 17.0. The molecule has 1 saturated carbocycles. The van der Waals surface area contributed by atoms with Crippen molar-refractivity contribution in [1.82, 2.24) is 10.3 Å². The number of pyridine rings is 1. The summed E-state index contributed by atoms with van der Waals surface area (Å²) in [6.45, 7) is 0.611. The van der Waals surface area contributed by atoms with Gasteiger partial charge in [0.05, 0.1) is 12.6 Å². The number of aromatic nitrogens is 1. The van der Waals surface area contributed by atoms with Gasteiger partial charge in [-0.1, -0.05) is 43.2 Å². The zero-order chi connectivity index (χ0) is 20.6. The molecule has 5 heteroatoms. The number of amides is 1. The average Bonchev–Trinajstić information content (AvgIpc) is 3.43. The molecular formula is C25H24N2O3. The van der Waals surface area contributed by atoms with Crippen molar-refractivity contribution >= 4 is 27.9 Å². The van der Waals surface area contributed by atoms with Gasteiger partial charge in [0, 0.05) is 22.7 Å². The van der Waals surface area contributed by atoms with Crippen LogP contribution >= 0.6 is 0 Å². The SMILES string of the molecule is COc1ccc2nc3oc(C(=O)NCC4(c5ccccc5)CCCC4)cc3cc2c1. The fourth-order valence-corrected chi connectivity index (χ4v) is 4.60. The van der Waals surface area contributed by atoms with Crippen molar-refractivity contribution < 1.29 is 13.9 Å². The largest absolute Gasteiger partial charge is 0.497 e. The Labute approximate surface area is 175 Å². The van der Waals surface area contributed by atoms with Gasteiger partial charge in [0.15, 0.2) is 5.76 Å². The molecule has 0 aliphatic heterocycles. The van der Waals surface area contributed by atoms with Crippen LogP contribution in [0.25, 0.3) is 22.0 Å². The molecule has 1 aliphatic rings. The summed E-state index contributed by atoms with van der Waals surface area (Å²) in [5.41, 5.74) is 2.58. The van der Waals surface area contributed by atoms with E-state index in [0.717, 1.165) is 34.9 Å². The van der Waals surface area contributed by atoms with E-state index in [1.807, 2.05) is 30.3 Å². The molecule has 0 unspecified atom stereocenters. The lowest BCUT2D eigenvalue weighted by molar-refractivity contribution is 0.0917. The van der Waals surface area contributed by atoms with E-state index in [1.165, 1.54) is 18.4 Å². The molecular weight excluding hydrogens is 376 g/mol. The van der Waals surface area contributed by atoms with Gasteiger partial charge in [0.2, 0.25) is 5.71 Å². The molecule has 0 atom stereocenters. The summed E-state index contributed by atoms with van der Waals surface area (Å²) >= 11 is 0. The first-order valence-corrected chi connectivity index (χ1v) is 10.4. The van der Waals surface area contributed by atoms with Crippen LogP contribution < -0.4 is 10.1 Å². The maximum Gasteiger partial charge on any atom is 0.287 e. The van der Waals surface area contributed by atoms with Gasteiger partial charge in [-0.3, -0.25) is 4.79 Å². The third-order valence-electron chi connectivity index (χ3n) is 6.27. The average molecular weight is 400 g/mol. The predicted molar refractivity (Wildman–Crippen MR) is 117 cm³/mol. The molecule has 2 heterocycles. The van der Waals surface area contributed by atoms with Crippen LogP contribution in [-0.4, -0.2) is 24.5 Å². The first-order valence-electron chi connectivity index (χ1n) is 10.4. The van der Waals surface area contributed by atoms with Gasteiger partial charge < -0.3 is 14.5 Å². The number of ether oxygens (including phenoxy) is 1. The monoisotopic (exact) mass is 400 g/mol. The summed E-state index contributed by atoms with van der Waals surface area (Å²) in [5.74, 6) is 0.866. The molecule has 1 fully saturated rings. The predicted octanol–water partition coefficient (Wildman–Crippen LogP) is 5.23. The van der Waals surface area contributed by atoms with E-state index in [0.29, 0.717) is 18.0 Å². The van der Waals surface area contributed by atoms with Gasteiger partial charge >= 0.3 is 0 Å². The third-order valence-corrected chi connectivity index (χ3v) is 6.27. The highest BCUT2D eigenvalue weighted by Crippen LogP contribution is 2.40. The standard InChI is InChI=1S/C25H24N2O3/c1-29-20-9-10-21-17(14-20)13-18-15-22(30-24(18)27-21)23(28)26-16-25(11-5-6-12-25)19-7-3-2-4-8-19/h2-4,7-10,13-15H,5-6,11-12,16H2,1H3,(H,26,28). The Morgan fingerprint density at radius 2 is 1.87 bits per heavy atom. The Bertz CT molecular complexity index is 1210. The Hall–Kier alpha value is -3.34. The molecule has 0 radical (unpaired) electrons. The Kier molecular flexibility index (Phi) is 4.66. The van der Waals surface area contributed by atoms with Crippen LogP contribution in [0.1, 0.15) is 41.8 Å². The molecule has 30 heavy (non-hydrogen) atoms. The number of rotatable bonds is 5. The molecule has 0 saturated heterocycles. The van der Waals surface area contributed by atoms with Crippen LogP contribution in [0.15, 0.2) is 65.1 Å². The van der Waals surface area contributed by atoms with E-state index >= 15 is 0 Å². The van der Waals surface area contributed by atoms with Crippen molar-refractivity contribution in [3.8, 4) is 5.75 Å². The van der Waals surface area contributed by atoms with Crippen molar-refractivity contribution in [3.05, 3.63) is 72.0 Å². The topological polar surface area (TPSA) is 64.4 Å². The van der Waals surface area contributed by atoms with Gasteiger partial charge in [0.25, 0.3) is 5.91 Å². The van der Waals surface area contributed by atoms with E-state index in [-0.39, 0.29) is 11.3 Å². The van der Waals surface area contributed by atoms with Crippen molar-refractivity contribution in [2.45, 2.75) is 31.1 Å². The Morgan fingerprint density at radius 1 is 1.07 bits per heavy atom. The minimum atomic E-state index is -0.197. The number of fused-ring (bicyclic) bond motifs is 2. The molecule has 1 aliphatic carbocycles. The molecule has 1 amide bonds. The fraction of sp³-hybridized carbons (Fsp3) is 0.280. The van der Waals surface area contributed by atoms with Crippen LogP contribution in [0.3, 0.4) is 0 Å². The lowest BCUT2D eigenvalue weighted by Crippen LogP contribution is -2.38. The highest BCUT2D eigenvalue weighted by atomic mass is 16.5. The van der Waals surface area contributed by atoms with Crippen LogP contribution in [0.5, 0.6) is 5.75 Å². The van der Waals surface area contributed by atoms with Crippen molar-refractivity contribution in [3.63, 3.8) is 0 Å². The highest BCUT2D eigenvalue weighted by Gasteiger charge is 2.36. The molecule has 2 aromatic carbocycles. The number of carbonyl (C=O) groups excluding carboxylic acids is 1. The number of nitrogens with zero attached hydrogens (tertiary/aromatic N) is 1. The second-order valence-corrected chi connectivity index (χ2v) is 8.09. The summed E-state index contributed by atoms with van der Waals surface area (Å²) in [5, 5.41) is 4.87. The molecule has 152 valence electrons. The quantitative estimate of drug-likeness (QED) is 0.498. The number of furan rings is 1. The van der Waals surface area contributed by atoms with Crippen LogP contribution in [0, 0.1) is 0 Å². The number of nitrogens with one attached hydrogen (secondary N) is 1. The van der Waals surface area contributed by atoms with Gasteiger partial charge in [-0.05, 0) is 48.7 Å². The maximum absolute atomic E-state index is 12.9. The van der Waals surface area contributed by atoms with E-state index in [2.05, 4.69) is 34.6 Å². The van der Waals surface area contributed by atoms with Crippen LogP contribution in [-0.2, 0) is 5.41 Å². The summed E-state index contributed by atoms with van der Waals surface area (Å²) < 4.78 is 11.1. The molecule has 2 aromatic heterocycles. The highest BCUT2D eigenvalue weighted by molar-refractivity contribution is 5.98. The second-order valence-electron chi connectivity index (χ2n) is 8.09. The molecule has 5 nitrogen and oxygen atoms in total. The summed E-state index contributed by atoms with van der Waals surface area (Å²) in [7, 11) is 1.64. The lowest BCUT2D eigenvalue weighted by Gasteiger charge is -2.29. The molecule has 1 N–H and O–H groups in total. The van der Waals surface area contributed by atoms with Crippen molar-refractivity contribution in [1.29, 1.82) is 0 Å². The number of benzene rings is 2. The van der Waals surface area contributed by atoms with Crippen LogP contribution in [0.2, 0.25) is 0 Å². The number of methoxy groups -OCH3 is 1. The first-order chi connectivity index (χ1) is 14.7. The summed E-state index contributed by atoms with van der Waals surface area (Å²) in [6.07, 6.45) is 4.56. The third kappa shape index (κ3) is 3.30. The summed E-state index contributed by atoms with van der Waals surface area (Å²) in [4.78, 5) is 17.4. The van der Waals surface area contributed by atoms with Crippen molar-refractivity contribution in [2.75, 3.05) is 13.7 Å².